The zero-order chi connectivity index (χ0) is 15.6. The van der Waals surface area contributed by atoms with E-state index in [1.165, 1.54) is 24.3 Å². The lowest BCUT2D eigenvalue weighted by atomic mass is 9.83. The quantitative estimate of drug-likeness (QED) is 0.694. The summed E-state index contributed by atoms with van der Waals surface area (Å²) in [6.07, 6.45) is 1.61. The predicted molar refractivity (Wildman–Crippen MR) is 82.6 cm³/mol. The maximum absolute atomic E-state index is 11.4. The third-order valence-electron chi connectivity index (χ3n) is 3.61. The highest BCUT2D eigenvalue weighted by molar-refractivity contribution is 5.46. The molecule has 0 unspecified atom stereocenters. The summed E-state index contributed by atoms with van der Waals surface area (Å²) in [5, 5.41) is 30.3. The van der Waals surface area contributed by atoms with E-state index in [0.717, 1.165) is 0 Å². The van der Waals surface area contributed by atoms with Crippen LogP contribution < -0.4 is 0 Å². The molecule has 22 heavy (non-hydrogen) atoms. The van der Waals surface area contributed by atoms with Gasteiger partial charge in [-0.05, 0) is 47.5 Å². The second kappa shape index (κ2) is 5.50. The Hall–Kier alpha value is -2.85. The van der Waals surface area contributed by atoms with Crippen LogP contribution in [0.25, 0.3) is 0 Å². The lowest BCUT2D eigenvalue weighted by Crippen LogP contribution is -2.29. The van der Waals surface area contributed by atoms with Gasteiger partial charge in [-0.1, -0.05) is 30.3 Å². The van der Waals surface area contributed by atoms with Gasteiger partial charge in [-0.3, -0.25) is 4.98 Å². The molecule has 0 fully saturated rings. The number of aliphatic hydroxyl groups is 1. The highest BCUT2D eigenvalue weighted by atomic mass is 16.3. The average Bonchev–Trinajstić information content (AvgIpc) is 2.56. The third kappa shape index (κ3) is 2.40. The highest BCUT2D eigenvalue weighted by Crippen LogP contribution is 2.36. The minimum atomic E-state index is -1.47. The molecule has 0 aliphatic heterocycles. The smallest absolute Gasteiger partial charge is 0.157 e. The van der Waals surface area contributed by atoms with Crippen molar-refractivity contribution in [2.45, 2.75) is 5.60 Å². The number of phenolic OH excluding ortho intramolecular Hbond substituents is 2. The van der Waals surface area contributed by atoms with Crippen molar-refractivity contribution in [1.29, 1.82) is 0 Å². The van der Waals surface area contributed by atoms with Gasteiger partial charge in [0, 0.05) is 6.20 Å². The Morgan fingerprint density at radius 1 is 0.682 bits per heavy atom. The third-order valence-corrected chi connectivity index (χ3v) is 3.61. The van der Waals surface area contributed by atoms with Gasteiger partial charge in [0.25, 0.3) is 0 Å². The van der Waals surface area contributed by atoms with Crippen LogP contribution in [0.1, 0.15) is 16.8 Å². The first-order valence-corrected chi connectivity index (χ1v) is 6.83. The summed E-state index contributed by atoms with van der Waals surface area (Å²) in [4.78, 5) is 4.27. The van der Waals surface area contributed by atoms with Crippen molar-refractivity contribution < 1.29 is 15.3 Å². The molecular formula is C18H15NO3. The van der Waals surface area contributed by atoms with Crippen LogP contribution in [-0.4, -0.2) is 20.3 Å². The van der Waals surface area contributed by atoms with E-state index in [1.54, 1.807) is 48.7 Å². The number of nitrogens with zero attached hydrogens (tertiary/aromatic N) is 1. The molecular weight excluding hydrogens is 278 g/mol. The number of aromatic hydroxyl groups is 2. The Bertz CT molecular complexity index is 707. The number of hydrogen-bond donors (Lipinski definition) is 3. The van der Waals surface area contributed by atoms with Crippen molar-refractivity contribution >= 4 is 0 Å². The Kier molecular flexibility index (Phi) is 3.53. The molecule has 0 aliphatic rings. The number of benzene rings is 2. The number of aromatic nitrogens is 1. The van der Waals surface area contributed by atoms with E-state index in [2.05, 4.69) is 4.98 Å². The molecule has 1 aromatic heterocycles. The van der Waals surface area contributed by atoms with Gasteiger partial charge in [0.1, 0.15) is 11.5 Å². The molecule has 0 aliphatic carbocycles. The van der Waals surface area contributed by atoms with Crippen molar-refractivity contribution in [1.82, 2.24) is 4.98 Å². The molecule has 3 aromatic rings. The van der Waals surface area contributed by atoms with E-state index in [1.807, 2.05) is 0 Å². The molecule has 0 spiro atoms. The van der Waals surface area contributed by atoms with Crippen molar-refractivity contribution in [3.8, 4) is 11.5 Å². The van der Waals surface area contributed by atoms with Crippen molar-refractivity contribution in [2.75, 3.05) is 0 Å². The van der Waals surface area contributed by atoms with Crippen LogP contribution in [0.5, 0.6) is 11.5 Å². The SMILES string of the molecule is Oc1ccc(C(O)(c2ccc(O)cc2)c2ccccn2)cc1. The highest BCUT2D eigenvalue weighted by Gasteiger charge is 2.35. The number of phenols is 2. The van der Waals surface area contributed by atoms with E-state index < -0.39 is 5.60 Å². The zero-order valence-electron chi connectivity index (χ0n) is 11.7. The number of pyridine rings is 1. The van der Waals surface area contributed by atoms with Gasteiger partial charge in [-0.15, -0.1) is 0 Å². The molecule has 4 nitrogen and oxygen atoms in total. The normalized spacial score (nSPS) is 11.3. The Labute approximate surface area is 128 Å². The van der Waals surface area contributed by atoms with Crippen LogP contribution in [0.4, 0.5) is 0 Å². The number of rotatable bonds is 3. The second-order valence-corrected chi connectivity index (χ2v) is 5.02. The summed E-state index contributed by atoms with van der Waals surface area (Å²) in [5.74, 6) is 0.246. The maximum Gasteiger partial charge on any atom is 0.157 e. The van der Waals surface area contributed by atoms with E-state index in [4.69, 9.17) is 0 Å². The summed E-state index contributed by atoms with van der Waals surface area (Å²) in [6.45, 7) is 0. The molecule has 2 aromatic carbocycles. The Balaban J connectivity index is 2.22. The van der Waals surface area contributed by atoms with E-state index in [9.17, 15) is 15.3 Å². The van der Waals surface area contributed by atoms with Crippen molar-refractivity contribution in [2.24, 2.45) is 0 Å². The van der Waals surface area contributed by atoms with Gasteiger partial charge in [0.05, 0.1) is 5.69 Å². The molecule has 4 heteroatoms. The van der Waals surface area contributed by atoms with Crippen LogP contribution in [0.15, 0.2) is 72.9 Å². The lowest BCUT2D eigenvalue weighted by Gasteiger charge is -2.29. The fraction of sp³-hybridized carbons (Fsp3) is 0.0556. The fourth-order valence-electron chi connectivity index (χ4n) is 2.44. The maximum atomic E-state index is 11.4. The molecule has 0 radical (unpaired) electrons. The first-order chi connectivity index (χ1) is 10.6. The lowest BCUT2D eigenvalue weighted by molar-refractivity contribution is 0.120. The largest absolute Gasteiger partial charge is 0.508 e. The predicted octanol–water partition coefficient (Wildman–Crippen LogP) is 2.78. The standard InChI is InChI=1S/C18H15NO3/c20-15-8-4-13(5-9-15)18(22,17-3-1-2-12-19-17)14-6-10-16(21)11-7-14/h1-12,20-22H. The van der Waals surface area contributed by atoms with E-state index in [-0.39, 0.29) is 11.5 Å². The topological polar surface area (TPSA) is 73.6 Å². The average molecular weight is 293 g/mol. The monoisotopic (exact) mass is 293 g/mol. The van der Waals surface area contributed by atoms with Gasteiger partial charge in [0.15, 0.2) is 5.60 Å². The van der Waals surface area contributed by atoms with Gasteiger partial charge in [-0.2, -0.15) is 0 Å². The first-order valence-electron chi connectivity index (χ1n) is 6.83. The summed E-state index contributed by atoms with van der Waals surface area (Å²) in [5.41, 5.74) is 0.151. The van der Waals surface area contributed by atoms with Gasteiger partial charge in [-0.25, -0.2) is 0 Å². The molecule has 0 bridgehead atoms. The van der Waals surface area contributed by atoms with Crippen LogP contribution in [0.2, 0.25) is 0 Å². The minimum absolute atomic E-state index is 0.123. The molecule has 1 heterocycles. The second-order valence-electron chi connectivity index (χ2n) is 5.02. The van der Waals surface area contributed by atoms with Crippen LogP contribution in [0.3, 0.4) is 0 Å². The van der Waals surface area contributed by atoms with Crippen LogP contribution in [-0.2, 0) is 5.60 Å². The molecule has 0 saturated heterocycles. The molecule has 0 amide bonds. The molecule has 3 rings (SSSR count). The van der Waals surface area contributed by atoms with Gasteiger partial charge in [0.2, 0.25) is 0 Å². The summed E-state index contributed by atoms with van der Waals surface area (Å²) in [7, 11) is 0. The summed E-state index contributed by atoms with van der Waals surface area (Å²) < 4.78 is 0. The first kappa shape index (κ1) is 14.1. The van der Waals surface area contributed by atoms with E-state index >= 15 is 0 Å². The van der Waals surface area contributed by atoms with Crippen LogP contribution >= 0.6 is 0 Å². The van der Waals surface area contributed by atoms with Crippen molar-refractivity contribution in [3.05, 3.63) is 89.7 Å². The molecule has 3 N–H and O–H groups in total. The molecule has 110 valence electrons. The van der Waals surface area contributed by atoms with Crippen molar-refractivity contribution in [3.63, 3.8) is 0 Å². The zero-order valence-corrected chi connectivity index (χ0v) is 11.7. The van der Waals surface area contributed by atoms with E-state index in [0.29, 0.717) is 16.8 Å². The number of hydrogen-bond acceptors (Lipinski definition) is 4. The van der Waals surface area contributed by atoms with Gasteiger partial charge >= 0.3 is 0 Å². The Morgan fingerprint density at radius 3 is 1.59 bits per heavy atom. The minimum Gasteiger partial charge on any atom is -0.508 e. The molecule has 0 saturated carbocycles. The Morgan fingerprint density at radius 2 is 1.18 bits per heavy atom. The van der Waals surface area contributed by atoms with Gasteiger partial charge < -0.3 is 15.3 Å². The molecule has 0 atom stereocenters. The summed E-state index contributed by atoms with van der Waals surface area (Å²) >= 11 is 0. The fourth-order valence-corrected chi connectivity index (χ4v) is 2.44. The summed E-state index contributed by atoms with van der Waals surface area (Å²) in [6, 6.07) is 18.0. The van der Waals surface area contributed by atoms with Crippen LogP contribution in [0, 0.1) is 0 Å².